The van der Waals surface area contributed by atoms with Crippen molar-refractivity contribution >= 4 is 17.5 Å². The van der Waals surface area contributed by atoms with Crippen LogP contribution in [0.25, 0.3) is 0 Å². The van der Waals surface area contributed by atoms with Crippen LogP contribution in [-0.4, -0.2) is 17.3 Å². The molecule has 0 aromatic rings. The minimum absolute atomic E-state index is 0.299. The van der Waals surface area contributed by atoms with Gasteiger partial charge in [0.1, 0.15) is 5.78 Å². The summed E-state index contributed by atoms with van der Waals surface area (Å²) in [5.74, 6) is 0.820. The molecule has 0 aromatic carbocycles. The van der Waals surface area contributed by atoms with Crippen molar-refractivity contribution in [1.29, 1.82) is 0 Å². The Hall–Kier alpha value is 0.0200. The molecule has 10 heavy (non-hydrogen) atoms. The highest BCUT2D eigenvalue weighted by Gasteiger charge is 2.11. The monoisotopic (exact) mass is 160 g/mol. The molecule has 2 atom stereocenters. The average Bonchev–Trinajstić information content (AvgIpc) is 1.85. The van der Waals surface area contributed by atoms with Gasteiger partial charge >= 0.3 is 0 Å². The molecule has 0 rings (SSSR count). The van der Waals surface area contributed by atoms with Gasteiger partial charge in [0.05, 0.1) is 0 Å². The van der Waals surface area contributed by atoms with Crippen LogP contribution in [0.4, 0.5) is 0 Å². The van der Waals surface area contributed by atoms with Gasteiger partial charge in [-0.3, -0.25) is 0 Å². The zero-order valence-corrected chi connectivity index (χ0v) is 7.99. The van der Waals surface area contributed by atoms with Crippen molar-refractivity contribution in [3.05, 3.63) is 0 Å². The molecular formula is C8H16OS. The van der Waals surface area contributed by atoms with Gasteiger partial charge in [0.2, 0.25) is 0 Å². The van der Waals surface area contributed by atoms with Crippen molar-refractivity contribution in [3.8, 4) is 0 Å². The molecule has 0 aliphatic rings. The van der Waals surface area contributed by atoms with E-state index in [0.29, 0.717) is 17.0 Å². The first-order valence-corrected chi connectivity index (χ1v) is 4.89. The molecule has 0 fully saturated rings. The summed E-state index contributed by atoms with van der Waals surface area (Å²) in [5, 5.41) is 0.601. The topological polar surface area (TPSA) is 17.1 Å². The first-order valence-electron chi connectivity index (χ1n) is 3.60. The van der Waals surface area contributed by atoms with Crippen LogP contribution in [0.2, 0.25) is 0 Å². The Bertz CT molecular complexity index is 112. The summed E-state index contributed by atoms with van der Waals surface area (Å²) in [4.78, 5) is 10.7. The molecule has 0 N–H and O–H groups in total. The Morgan fingerprint density at radius 3 is 2.30 bits per heavy atom. The smallest absolute Gasteiger partial charge is 0.130 e. The lowest BCUT2D eigenvalue weighted by Crippen LogP contribution is -2.12. The fourth-order valence-electron chi connectivity index (χ4n) is 0.852. The van der Waals surface area contributed by atoms with Gasteiger partial charge < -0.3 is 4.79 Å². The summed E-state index contributed by atoms with van der Waals surface area (Å²) in [5.41, 5.74) is 0. The zero-order valence-electron chi connectivity index (χ0n) is 7.18. The van der Waals surface area contributed by atoms with Gasteiger partial charge in [-0.05, 0) is 19.1 Å². The molecule has 0 saturated carbocycles. The number of carbonyl (C=O) groups excluding carboxylic acids is 1. The number of hydrogen-bond acceptors (Lipinski definition) is 2. The number of Topliss-reactive ketones (excluding diaryl/α,β-unsaturated/α-hetero) is 1. The number of rotatable bonds is 4. The van der Waals surface area contributed by atoms with Crippen LogP contribution < -0.4 is 0 Å². The van der Waals surface area contributed by atoms with E-state index in [2.05, 4.69) is 20.1 Å². The van der Waals surface area contributed by atoms with E-state index in [0.717, 1.165) is 6.42 Å². The molecule has 0 aliphatic heterocycles. The highest BCUT2D eigenvalue weighted by Crippen LogP contribution is 2.18. The van der Waals surface area contributed by atoms with E-state index in [4.69, 9.17) is 0 Å². The van der Waals surface area contributed by atoms with Crippen LogP contribution in [0.3, 0.4) is 0 Å². The zero-order chi connectivity index (χ0) is 8.15. The normalized spacial score (nSPS) is 16.4. The third-order valence-electron chi connectivity index (χ3n) is 1.78. The molecule has 0 heterocycles. The van der Waals surface area contributed by atoms with E-state index in [1.165, 1.54) is 0 Å². The van der Waals surface area contributed by atoms with Crippen molar-refractivity contribution in [3.63, 3.8) is 0 Å². The highest BCUT2D eigenvalue weighted by atomic mass is 32.2. The lowest BCUT2D eigenvalue weighted by atomic mass is 10.0. The van der Waals surface area contributed by atoms with Gasteiger partial charge in [0.15, 0.2) is 0 Å². The molecule has 0 aromatic heterocycles. The summed E-state index contributed by atoms with van der Waals surface area (Å²) >= 11 is 1.82. The largest absolute Gasteiger partial charge is 0.300 e. The molecule has 0 spiro atoms. The molecule has 2 unspecified atom stereocenters. The Labute approximate surface area is 67.6 Å². The number of thioether (sulfide) groups is 1. The second-order valence-electron chi connectivity index (χ2n) is 2.82. The molecule has 0 radical (unpaired) electrons. The first kappa shape index (κ1) is 10.0. The molecule has 1 nitrogen and oxygen atoms in total. The van der Waals surface area contributed by atoms with E-state index >= 15 is 0 Å². The number of carbonyl (C=O) groups is 1. The van der Waals surface area contributed by atoms with Crippen molar-refractivity contribution < 1.29 is 4.79 Å². The van der Waals surface area contributed by atoms with Crippen LogP contribution in [-0.2, 0) is 4.79 Å². The quantitative estimate of drug-likeness (QED) is 0.628. The van der Waals surface area contributed by atoms with E-state index in [-0.39, 0.29) is 0 Å². The Balaban J connectivity index is 3.61. The summed E-state index contributed by atoms with van der Waals surface area (Å²) in [6, 6.07) is 0. The molecule has 60 valence electrons. The predicted octanol–water partition coefficient (Wildman–Crippen LogP) is 2.35. The van der Waals surface area contributed by atoms with E-state index in [1.54, 1.807) is 6.92 Å². The van der Waals surface area contributed by atoms with Gasteiger partial charge in [0.25, 0.3) is 0 Å². The van der Waals surface area contributed by atoms with Crippen LogP contribution >= 0.6 is 11.8 Å². The van der Waals surface area contributed by atoms with Gasteiger partial charge in [-0.2, -0.15) is 11.8 Å². The fraction of sp³-hybridized carbons (Fsp3) is 0.875. The maximum Gasteiger partial charge on any atom is 0.130 e. The first-order chi connectivity index (χ1) is 4.57. The van der Waals surface area contributed by atoms with Crippen LogP contribution in [0.1, 0.15) is 27.2 Å². The summed E-state index contributed by atoms with van der Waals surface area (Å²) in [7, 11) is 0. The number of ketones is 1. The minimum Gasteiger partial charge on any atom is -0.300 e. The van der Waals surface area contributed by atoms with Gasteiger partial charge in [-0.1, -0.05) is 13.8 Å². The Morgan fingerprint density at radius 1 is 1.50 bits per heavy atom. The second-order valence-corrected chi connectivity index (χ2v) is 4.04. The van der Waals surface area contributed by atoms with Gasteiger partial charge in [0, 0.05) is 11.7 Å². The van der Waals surface area contributed by atoms with Crippen molar-refractivity contribution in [2.24, 2.45) is 5.92 Å². The Kier molecular flexibility index (Phi) is 4.79. The molecule has 0 aliphatic carbocycles. The molecule has 0 saturated heterocycles. The molecule has 0 bridgehead atoms. The average molecular weight is 160 g/mol. The lowest BCUT2D eigenvalue weighted by molar-refractivity contribution is -0.117. The van der Waals surface area contributed by atoms with E-state index in [1.807, 2.05) is 11.8 Å². The minimum atomic E-state index is 0.299. The lowest BCUT2D eigenvalue weighted by Gasteiger charge is -2.15. The maximum absolute atomic E-state index is 10.7. The van der Waals surface area contributed by atoms with E-state index in [9.17, 15) is 4.79 Å². The van der Waals surface area contributed by atoms with Crippen molar-refractivity contribution in [2.75, 3.05) is 6.26 Å². The summed E-state index contributed by atoms with van der Waals surface area (Å²) in [6.07, 6.45) is 2.81. The number of hydrogen-bond donors (Lipinski definition) is 0. The van der Waals surface area contributed by atoms with Crippen molar-refractivity contribution in [2.45, 2.75) is 32.4 Å². The predicted molar refractivity (Wildman–Crippen MR) is 47.4 cm³/mol. The van der Waals surface area contributed by atoms with Gasteiger partial charge in [-0.15, -0.1) is 0 Å². The van der Waals surface area contributed by atoms with Crippen LogP contribution in [0, 0.1) is 5.92 Å². The summed E-state index contributed by atoms with van der Waals surface area (Å²) in [6.45, 7) is 5.95. The highest BCUT2D eigenvalue weighted by molar-refractivity contribution is 7.99. The second kappa shape index (κ2) is 4.78. The SMILES string of the molecule is CSC(C)C(C)CC(C)=O. The molecule has 2 heteroatoms. The maximum atomic E-state index is 10.7. The third kappa shape index (κ3) is 3.94. The van der Waals surface area contributed by atoms with Crippen LogP contribution in [0.15, 0.2) is 0 Å². The molecular weight excluding hydrogens is 144 g/mol. The van der Waals surface area contributed by atoms with Crippen LogP contribution in [0.5, 0.6) is 0 Å². The van der Waals surface area contributed by atoms with E-state index < -0.39 is 0 Å². The summed E-state index contributed by atoms with van der Waals surface area (Å²) < 4.78 is 0. The standard InChI is InChI=1S/C8H16OS/c1-6(5-7(2)9)8(3)10-4/h6,8H,5H2,1-4H3. The fourth-order valence-corrected chi connectivity index (χ4v) is 1.41. The van der Waals surface area contributed by atoms with Crippen molar-refractivity contribution in [1.82, 2.24) is 0 Å². The van der Waals surface area contributed by atoms with Gasteiger partial charge in [-0.25, -0.2) is 0 Å². The molecule has 0 amide bonds. The third-order valence-corrected chi connectivity index (χ3v) is 2.99. The Morgan fingerprint density at radius 2 is 2.00 bits per heavy atom.